The van der Waals surface area contributed by atoms with Crippen molar-refractivity contribution in [2.24, 2.45) is 17.0 Å². The number of phenols is 4. The molecule has 30 heteroatoms. The van der Waals surface area contributed by atoms with Gasteiger partial charge >= 0.3 is 5.36 Å². The quantitative estimate of drug-likeness (QED) is 0.0454. The predicted molar refractivity (Wildman–Crippen MR) is 339 cm³/mol. The molecule has 0 bridgehead atoms. The molecule has 30 nitrogen and oxygen atoms in total. The van der Waals surface area contributed by atoms with Gasteiger partial charge in [-0.15, -0.1) is 0 Å². The summed E-state index contributed by atoms with van der Waals surface area (Å²) in [5, 5.41) is 98.4. The Labute approximate surface area is 560 Å². The molecule has 4 aromatic carbocycles. The van der Waals surface area contributed by atoms with Crippen molar-refractivity contribution >= 4 is 50.3 Å². The molecular weight excluding hydrogens is 1280 g/mol. The van der Waals surface area contributed by atoms with E-state index < -0.39 is 281 Å². The van der Waals surface area contributed by atoms with Crippen LogP contribution in [0.25, 0.3) is 38.2 Å². The Morgan fingerprint density at radius 1 is 0.561 bits per heavy atom. The summed E-state index contributed by atoms with van der Waals surface area (Å²) < 4.78 is 67.6. The van der Waals surface area contributed by atoms with Crippen LogP contribution in [0, 0.1) is 11.8 Å². The summed E-state index contributed by atoms with van der Waals surface area (Å²) in [6.45, 7) is 9.35. The van der Waals surface area contributed by atoms with Crippen molar-refractivity contribution in [2.45, 2.75) is 208 Å². The van der Waals surface area contributed by atoms with Crippen molar-refractivity contribution in [3.63, 3.8) is 0 Å². The van der Waals surface area contributed by atoms with Gasteiger partial charge in [0.15, 0.2) is 59.2 Å². The molecule has 12 rings (SSSR count). The molecule has 0 radical (unpaired) electrons. The number of rotatable bonds is 16. The Morgan fingerprint density at radius 3 is 1.44 bits per heavy atom. The topological polar surface area (TPSA) is 434 Å². The van der Waals surface area contributed by atoms with Gasteiger partial charge in [0.1, 0.15) is 64.0 Å². The molecule has 8 aliphatic rings. The summed E-state index contributed by atoms with van der Waals surface area (Å²) in [6.07, 6.45) is -22.7. The minimum Gasteiger partial charge on any atom is -0.711 e. The molecule has 98 heavy (non-hydrogen) atoms. The Hall–Kier alpha value is -7.04. The summed E-state index contributed by atoms with van der Waals surface area (Å²) in [5.41, 5.74) is 10.9. The van der Waals surface area contributed by atoms with Crippen LogP contribution in [0.4, 0.5) is 0 Å². The molecular formula is C68H81N6O24-. The number of phenolic OH excluding ortho intramolecular Hbond substituents is 4. The number of likely N-dealkylation sites (N-methyl/N-ethyl adjacent to an activating group) is 2. The first-order chi connectivity index (χ1) is 46.4. The lowest BCUT2D eigenvalue weighted by Gasteiger charge is -2.58. The standard InChI is InChI=1S/C68H81N6O24/c1-13-67(97-37-21-33(89-11)57(81)25(5)93-37)51(63(87)45-43-47(61(85)41-29(77)17-15-27(75)39(41)59(43)83)53(71-69)49(45)65(67)95-35-19-31(79)55(73(7)8)23(3)91-35)52-64(88)46-44-48(62(86)42-30(78)18-16-28(76)40(42)60(44)84)54(72-70)50(46)66(96-36-20-32(80)56(74(9)10)24(4)92-36)68(52,14-2)98-38-22-34(90-12)58(82)26(6)94-38/h15-18,23-26,31-38,51-53,55-58,65-66,79-86H,13-14,19-22H2,1-12H3/q-1/t23-,24-,25-,26-,31-,32-,33-,34-,35+,36+,37-,38-,51-,52-,53?,55-,56-,57-,58-,65+,66+,67-,68-/m0/s1. The Kier molecular flexibility index (Phi) is 18.9. The summed E-state index contributed by atoms with van der Waals surface area (Å²) in [7, 11) is 9.49. The number of methoxy groups -OCH3 is 2. The van der Waals surface area contributed by atoms with Crippen LogP contribution in [-0.4, -0.2) is 237 Å². The van der Waals surface area contributed by atoms with Crippen molar-refractivity contribution in [2.75, 3.05) is 42.4 Å². The summed E-state index contributed by atoms with van der Waals surface area (Å²) >= 11 is 0. The second-order valence-electron chi connectivity index (χ2n) is 27.3. The van der Waals surface area contributed by atoms with Crippen LogP contribution in [-0.2, 0) is 52.2 Å². The van der Waals surface area contributed by atoms with Crippen molar-refractivity contribution in [1.82, 2.24) is 9.80 Å². The molecule has 4 heterocycles. The van der Waals surface area contributed by atoms with E-state index in [0.29, 0.717) is 0 Å². The van der Waals surface area contributed by atoms with Gasteiger partial charge in [-0.1, -0.05) is 13.8 Å². The lowest BCUT2D eigenvalue weighted by Crippen LogP contribution is -2.70. The molecule has 4 aliphatic carbocycles. The maximum absolute atomic E-state index is 17.9. The molecule has 0 spiro atoms. The average Bonchev–Trinajstić information content (AvgIpc) is 1.42. The Balaban J connectivity index is 1.24. The van der Waals surface area contributed by atoms with E-state index in [2.05, 4.69) is 9.90 Å². The predicted octanol–water partition coefficient (Wildman–Crippen LogP) is 2.67. The maximum atomic E-state index is 17.9. The smallest absolute Gasteiger partial charge is 0.333 e. The normalized spacial score (nSPS) is 37.2. The number of ether oxygens (including phenoxy) is 10. The minimum atomic E-state index is -2.66. The SMILES string of the molecule is CC[C@@]1(O[C@H]2C[C@H](OC)[C@@H](O)[C@H](C)O2)[C@H](O[C@@H]2C[C@H](O)[C@@H](N(C)C)[C@H](C)O2)C2=C(C(=O)[C@@H]1[C@H]1C(=O)c3c(c(=[N+]=[N-])c4c(O)c5c(=O)ccc(=O)c5c(O)c34)[C@@H](O[C@@H]3C[C@H](O)[C@@H](N(C)C)[C@H](C)O3)[C@@]1(CC)O[C@H]1C[C@H](OC)[C@@H](O)[C@H](C)O1)c1c(O)c3c(c(O)c1C2N=[N-])C(=O)C=CC3=O. The number of carbonyl (C=O) groups is 4. The molecule has 0 amide bonds. The number of aromatic hydroxyl groups is 4. The fourth-order valence-corrected chi connectivity index (χ4v) is 17.4. The Bertz CT molecular complexity index is 4200. The molecule has 23 atom stereocenters. The van der Waals surface area contributed by atoms with Crippen LogP contribution in [0.1, 0.15) is 140 Å². The number of carbonyl (C=O) groups excluding carboxylic acids is 4. The number of Topliss-reactive ketones (excluding diaryl/α,β-unsaturated/α-hetero) is 2. The first kappa shape index (κ1) is 70.8. The van der Waals surface area contributed by atoms with Gasteiger partial charge in [-0.05, 0) is 93.0 Å². The molecule has 4 saturated heterocycles. The highest BCUT2D eigenvalue weighted by Crippen LogP contribution is 2.66. The summed E-state index contributed by atoms with van der Waals surface area (Å²) in [4.78, 5) is 99.0. The number of ketones is 4. The van der Waals surface area contributed by atoms with E-state index in [0.717, 1.165) is 24.3 Å². The van der Waals surface area contributed by atoms with Gasteiger partial charge in [-0.25, -0.2) is 0 Å². The third-order valence-corrected chi connectivity index (χ3v) is 21.7. The lowest BCUT2D eigenvalue weighted by molar-refractivity contribution is -0.349. The highest BCUT2D eigenvalue weighted by molar-refractivity contribution is 6.32. The fraction of sp³-hybridized carbons (Fsp3) is 0.603. The van der Waals surface area contributed by atoms with Crippen LogP contribution in [0.15, 0.2) is 44.6 Å². The van der Waals surface area contributed by atoms with Gasteiger partial charge in [-0.3, -0.25) is 28.8 Å². The van der Waals surface area contributed by atoms with E-state index in [1.54, 1.807) is 51.8 Å². The molecule has 0 aromatic heterocycles. The molecule has 4 aromatic rings. The number of aliphatic hydroxyl groups is 4. The first-order valence-electron chi connectivity index (χ1n) is 32.7. The maximum Gasteiger partial charge on any atom is 0.333 e. The van der Waals surface area contributed by atoms with E-state index in [1.165, 1.54) is 41.9 Å². The largest absolute Gasteiger partial charge is 0.711 e. The molecule has 4 fully saturated rings. The van der Waals surface area contributed by atoms with Gasteiger partial charge in [0.05, 0.1) is 106 Å². The average molecular weight is 1370 g/mol. The van der Waals surface area contributed by atoms with Crippen LogP contribution >= 0.6 is 0 Å². The molecule has 528 valence electrons. The number of allylic oxidation sites excluding steroid dienone is 3. The van der Waals surface area contributed by atoms with Gasteiger partial charge in [-0.2, -0.15) is 4.79 Å². The van der Waals surface area contributed by atoms with E-state index in [4.69, 9.17) is 47.4 Å². The van der Waals surface area contributed by atoms with Crippen molar-refractivity contribution in [1.29, 1.82) is 0 Å². The van der Waals surface area contributed by atoms with E-state index in [9.17, 15) is 71.1 Å². The Morgan fingerprint density at radius 2 is 1.00 bits per heavy atom. The zero-order valence-electron chi connectivity index (χ0n) is 56.0. The van der Waals surface area contributed by atoms with Gasteiger partial charge in [0.2, 0.25) is 0 Å². The third-order valence-electron chi connectivity index (χ3n) is 21.7. The van der Waals surface area contributed by atoms with E-state index in [-0.39, 0.29) is 25.7 Å². The minimum absolute atomic E-state index is 0.344. The van der Waals surface area contributed by atoms with Crippen molar-refractivity contribution in [3.8, 4) is 23.0 Å². The number of fused-ring (bicyclic) bond motifs is 7. The second-order valence-corrected chi connectivity index (χ2v) is 27.3. The highest BCUT2D eigenvalue weighted by atomic mass is 16.7. The molecule has 4 aliphatic heterocycles. The molecule has 8 N–H and O–H groups in total. The van der Waals surface area contributed by atoms with Crippen LogP contribution < -0.4 is 16.2 Å². The number of hydrogen-bond acceptors (Lipinski definition) is 27. The van der Waals surface area contributed by atoms with Crippen LogP contribution in [0.3, 0.4) is 0 Å². The summed E-state index contributed by atoms with van der Waals surface area (Å²) in [6, 6.07) is -1.74. The van der Waals surface area contributed by atoms with E-state index >= 15 is 9.59 Å². The van der Waals surface area contributed by atoms with Gasteiger partial charge in [0.25, 0.3) is 0 Å². The van der Waals surface area contributed by atoms with Gasteiger partial charge in [0, 0.05) is 73.1 Å². The zero-order valence-corrected chi connectivity index (χ0v) is 56.0. The first-order valence-corrected chi connectivity index (χ1v) is 32.7. The van der Waals surface area contributed by atoms with Crippen molar-refractivity contribution < 1.29 is 112 Å². The van der Waals surface area contributed by atoms with Crippen LogP contribution in [0.5, 0.6) is 23.0 Å². The number of nitrogens with zero attached hydrogens (tertiary/aromatic N) is 6. The number of aliphatic hydroxyl groups excluding tert-OH is 4. The fourth-order valence-electron chi connectivity index (χ4n) is 17.4. The number of hydrogen-bond donors (Lipinski definition) is 8. The monoisotopic (exact) mass is 1370 g/mol. The number of benzene rings is 3. The second kappa shape index (κ2) is 26.2. The highest BCUT2D eigenvalue weighted by Gasteiger charge is 2.72. The van der Waals surface area contributed by atoms with Crippen LogP contribution in [0.2, 0.25) is 0 Å². The third kappa shape index (κ3) is 10.6. The van der Waals surface area contributed by atoms with E-state index in [1.807, 2.05) is 0 Å². The zero-order chi connectivity index (χ0) is 71.1. The molecule has 1 unspecified atom stereocenters. The summed E-state index contributed by atoms with van der Waals surface area (Å²) in [5.74, 6) is -13.5. The van der Waals surface area contributed by atoms with Gasteiger partial charge < -0.3 is 114 Å². The lowest BCUT2D eigenvalue weighted by atomic mass is 9.54. The van der Waals surface area contributed by atoms with Crippen molar-refractivity contribution in [3.05, 3.63) is 100 Å². The molecule has 0 saturated carbocycles.